The topological polar surface area (TPSA) is 61.6 Å². The molecule has 0 aliphatic rings. The number of methoxy groups -OCH3 is 1. The highest BCUT2D eigenvalue weighted by atomic mass is 19.1. The lowest BCUT2D eigenvalue weighted by Crippen LogP contribution is -2.04. The first-order valence-electron chi connectivity index (χ1n) is 4.71. The smallest absolute Gasteiger partial charge is 0.314 e. The van der Waals surface area contributed by atoms with Gasteiger partial charge in [0.15, 0.2) is 5.82 Å². The van der Waals surface area contributed by atoms with E-state index in [9.17, 15) is 14.5 Å². The van der Waals surface area contributed by atoms with Crippen LogP contribution in [-0.2, 0) is 4.74 Å². The summed E-state index contributed by atoms with van der Waals surface area (Å²) in [4.78, 5) is 9.93. The van der Waals surface area contributed by atoms with Gasteiger partial charge in [0.2, 0.25) is 5.75 Å². The van der Waals surface area contributed by atoms with Crippen LogP contribution < -0.4 is 4.74 Å². The van der Waals surface area contributed by atoms with E-state index in [1.54, 1.807) is 0 Å². The molecule has 0 radical (unpaired) electrons. The van der Waals surface area contributed by atoms with E-state index >= 15 is 0 Å². The third kappa shape index (κ3) is 3.16. The van der Waals surface area contributed by atoms with E-state index in [0.29, 0.717) is 13.0 Å². The third-order valence-electron chi connectivity index (χ3n) is 1.88. The standard InChI is InChI=1S/C10H12FNO4/c1-15-6-3-7-16-10-8(11)4-2-5-9(10)12(13)14/h2,4-5H,3,6-7H2,1H3. The average molecular weight is 229 g/mol. The van der Waals surface area contributed by atoms with E-state index in [2.05, 4.69) is 0 Å². The summed E-state index contributed by atoms with van der Waals surface area (Å²) >= 11 is 0. The summed E-state index contributed by atoms with van der Waals surface area (Å²) in [5.41, 5.74) is -0.364. The van der Waals surface area contributed by atoms with Crippen LogP contribution in [0.5, 0.6) is 5.75 Å². The van der Waals surface area contributed by atoms with E-state index in [0.717, 1.165) is 6.07 Å². The van der Waals surface area contributed by atoms with Gasteiger partial charge in [0.05, 0.1) is 11.5 Å². The molecule has 0 spiro atoms. The minimum absolute atomic E-state index is 0.176. The molecule has 6 heteroatoms. The molecule has 0 amide bonds. The number of nitrogens with zero attached hydrogens (tertiary/aromatic N) is 1. The Hall–Kier alpha value is -1.69. The minimum Gasteiger partial charge on any atom is -0.485 e. The molecule has 0 N–H and O–H groups in total. The molecule has 0 saturated carbocycles. The maximum atomic E-state index is 13.3. The van der Waals surface area contributed by atoms with Gasteiger partial charge in [-0.2, -0.15) is 0 Å². The zero-order valence-electron chi connectivity index (χ0n) is 8.81. The monoisotopic (exact) mass is 229 g/mol. The van der Waals surface area contributed by atoms with Gasteiger partial charge in [-0.1, -0.05) is 6.07 Å². The SMILES string of the molecule is COCCCOc1c(F)cccc1[N+](=O)[O-]. The molecule has 0 aliphatic heterocycles. The zero-order valence-corrected chi connectivity index (χ0v) is 8.81. The normalized spacial score (nSPS) is 10.1. The second kappa shape index (κ2) is 6.02. The van der Waals surface area contributed by atoms with Crippen LogP contribution in [0.15, 0.2) is 18.2 Å². The predicted octanol–water partition coefficient (Wildman–Crippen LogP) is 2.15. The average Bonchev–Trinajstić information content (AvgIpc) is 2.25. The fourth-order valence-corrected chi connectivity index (χ4v) is 1.16. The van der Waals surface area contributed by atoms with Crippen molar-refractivity contribution >= 4 is 5.69 Å². The number of hydrogen-bond acceptors (Lipinski definition) is 4. The number of benzene rings is 1. The first kappa shape index (κ1) is 12.4. The Morgan fingerprint density at radius 1 is 1.44 bits per heavy atom. The quantitative estimate of drug-likeness (QED) is 0.426. The van der Waals surface area contributed by atoms with E-state index in [4.69, 9.17) is 9.47 Å². The van der Waals surface area contributed by atoms with Gasteiger partial charge in [-0.25, -0.2) is 4.39 Å². The van der Waals surface area contributed by atoms with Crippen LogP contribution in [0.4, 0.5) is 10.1 Å². The van der Waals surface area contributed by atoms with Crippen LogP contribution in [0, 0.1) is 15.9 Å². The largest absolute Gasteiger partial charge is 0.485 e. The Kier molecular flexibility index (Phi) is 4.65. The molecule has 88 valence electrons. The number of nitro groups is 1. The van der Waals surface area contributed by atoms with E-state index < -0.39 is 10.7 Å². The first-order valence-corrected chi connectivity index (χ1v) is 4.71. The van der Waals surface area contributed by atoms with Crippen molar-refractivity contribution in [2.24, 2.45) is 0 Å². The summed E-state index contributed by atoms with van der Waals surface area (Å²) in [6, 6.07) is 3.60. The minimum atomic E-state index is -0.730. The molecule has 0 bridgehead atoms. The van der Waals surface area contributed by atoms with E-state index in [1.165, 1.54) is 19.2 Å². The number of halogens is 1. The molecule has 16 heavy (non-hydrogen) atoms. The van der Waals surface area contributed by atoms with Crippen LogP contribution in [0.1, 0.15) is 6.42 Å². The molecule has 5 nitrogen and oxygen atoms in total. The molecular weight excluding hydrogens is 217 g/mol. The Labute approximate surface area is 91.9 Å². The predicted molar refractivity (Wildman–Crippen MR) is 55.0 cm³/mol. The highest BCUT2D eigenvalue weighted by molar-refractivity contribution is 5.46. The van der Waals surface area contributed by atoms with Crippen LogP contribution >= 0.6 is 0 Å². The summed E-state index contributed by atoms with van der Waals surface area (Å²) in [6.07, 6.45) is 0.544. The maximum Gasteiger partial charge on any atom is 0.314 e. The number of nitro benzene ring substituents is 1. The van der Waals surface area contributed by atoms with Crippen molar-refractivity contribution in [2.45, 2.75) is 6.42 Å². The number of rotatable bonds is 6. The van der Waals surface area contributed by atoms with Gasteiger partial charge in [-0.3, -0.25) is 10.1 Å². The summed E-state index contributed by atoms with van der Waals surface area (Å²) in [7, 11) is 1.53. The lowest BCUT2D eigenvalue weighted by Gasteiger charge is -2.06. The second-order valence-electron chi connectivity index (χ2n) is 3.04. The van der Waals surface area contributed by atoms with Crippen molar-refractivity contribution in [1.29, 1.82) is 0 Å². The lowest BCUT2D eigenvalue weighted by molar-refractivity contribution is -0.386. The van der Waals surface area contributed by atoms with Gasteiger partial charge in [0, 0.05) is 26.2 Å². The Morgan fingerprint density at radius 2 is 2.19 bits per heavy atom. The van der Waals surface area contributed by atoms with Crippen molar-refractivity contribution in [3.8, 4) is 5.75 Å². The highest BCUT2D eigenvalue weighted by Crippen LogP contribution is 2.29. The molecule has 0 aliphatic carbocycles. The molecule has 0 aromatic heterocycles. The molecule has 1 aromatic rings. The van der Waals surface area contributed by atoms with E-state index in [1.807, 2.05) is 0 Å². The van der Waals surface area contributed by atoms with Crippen LogP contribution in [0.2, 0.25) is 0 Å². The number of para-hydroxylation sites is 1. The van der Waals surface area contributed by atoms with Gasteiger partial charge < -0.3 is 9.47 Å². The fourth-order valence-electron chi connectivity index (χ4n) is 1.16. The summed E-state index contributed by atoms with van der Waals surface area (Å²) in [5, 5.41) is 10.6. The molecule has 0 heterocycles. The van der Waals surface area contributed by atoms with Gasteiger partial charge in [-0.15, -0.1) is 0 Å². The lowest BCUT2D eigenvalue weighted by atomic mass is 10.3. The summed E-state index contributed by atoms with van der Waals surface area (Å²) in [5.74, 6) is -1.05. The van der Waals surface area contributed by atoms with Crippen molar-refractivity contribution in [1.82, 2.24) is 0 Å². The van der Waals surface area contributed by atoms with Crippen LogP contribution in [0.3, 0.4) is 0 Å². The summed E-state index contributed by atoms with van der Waals surface area (Å²) < 4.78 is 23.1. The van der Waals surface area contributed by atoms with Crippen LogP contribution in [-0.4, -0.2) is 25.2 Å². The number of ether oxygens (including phenoxy) is 2. The molecule has 0 unspecified atom stereocenters. The fraction of sp³-hybridized carbons (Fsp3) is 0.400. The van der Waals surface area contributed by atoms with Gasteiger partial charge in [0.25, 0.3) is 0 Å². The highest BCUT2D eigenvalue weighted by Gasteiger charge is 2.18. The van der Waals surface area contributed by atoms with Crippen molar-refractivity contribution in [3.63, 3.8) is 0 Å². The molecular formula is C10H12FNO4. The number of hydrogen-bond donors (Lipinski definition) is 0. The van der Waals surface area contributed by atoms with Gasteiger partial charge in [-0.05, 0) is 6.07 Å². The van der Waals surface area contributed by atoms with Gasteiger partial charge in [0.1, 0.15) is 0 Å². The van der Waals surface area contributed by atoms with Crippen molar-refractivity contribution in [2.75, 3.05) is 20.3 Å². The zero-order chi connectivity index (χ0) is 12.0. The Balaban J connectivity index is 2.73. The van der Waals surface area contributed by atoms with Crippen molar-refractivity contribution in [3.05, 3.63) is 34.1 Å². The molecule has 1 rings (SSSR count). The molecule has 0 fully saturated rings. The first-order chi connectivity index (χ1) is 7.66. The summed E-state index contributed by atoms with van der Waals surface area (Å²) in [6.45, 7) is 0.637. The molecule has 0 atom stereocenters. The van der Waals surface area contributed by atoms with Crippen molar-refractivity contribution < 1.29 is 18.8 Å². The van der Waals surface area contributed by atoms with E-state index in [-0.39, 0.29) is 18.0 Å². The second-order valence-corrected chi connectivity index (χ2v) is 3.04. The third-order valence-corrected chi connectivity index (χ3v) is 1.88. The Morgan fingerprint density at radius 3 is 2.81 bits per heavy atom. The van der Waals surface area contributed by atoms with Gasteiger partial charge >= 0.3 is 5.69 Å². The maximum absolute atomic E-state index is 13.3. The molecule has 1 aromatic carbocycles. The Bertz CT molecular complexity index is 370. The molecule has 0 saturated heterocycles. The van der Waals surface area contributed by atoms with Crippen LogP contribution in [0.25, 0.3) is 0 Å².